The zero-order chi connectivity index (χ0) is 19.2. The monoisotopic (exact) mass is 437 g/mol. The molecule has 4 nitrogen and oxygen atoms in total. The van der Waals surface area contributed by atoms with Crippen molar-refractivity contribution in [3.8, 4) is 0 Å². The summed E-state index contributed by atoms with van der Waals surface area (Å²) in [5, 5.41) is 0.687. The molecule has 0 saturated heterocycles. The maximum atomic E-state index is 12.7. The van der Waals surface area contributed by atoms with Crippen LogP contribution in [-0.4, -0.2) is 21.8 Å². The molecule has 0 bridgehead atoms. The smallest absolute Gasteiger partial charge is 0.301 e. The molecule has 1 aromatic rings. The summed E-state index contributed by atoms with van der Waals surface area (Å²) < 4.78 is 37.1. The zero-order valence-corrected chi connectivity index (χ0v) is 16.1. The molecule has 140 valence electrons. The molecule has 1 amide bonds. The van der Waals surface area contributed by atoms with Gasteiger partial charge >= 0.3 is 6.18 Å². The van der Waals surface area contributed by atoms with Gasteiger partial charge in [-0.15, -0.1) is 28.7 Å². The van der Waals surface area contributed by atoms with Crippen molar-refractivity contribution in [1.29, 1.82) is 0 Å². The van der Waals surface area contributed by atoms with Crippen LogP contribution in [0.15, 0.2) is 12.1 Å². The highest BCUT2D eigenvalue weighted by atomic mass is 35.5. The first kappa shape index (κ1) is 20.7. The van der Waals surface area contributed by atoms with E-state index in [1.165, 1.54) is 5.01 Å². The topological polar surface area (TPSA) is 44.4 Å². The highest BCUT2D eigenvalue weighted by Gasteiger charge is 2.68. The van der Waals surface area contributed by atoms with Crippen LogP contribution >= 0.6 is 46.4 Å². The van der Waals surface area contributed by atoms with Gasteiger partial charge in [-0.1, -0.05) is 23.2 Å². The highest BCUT2D eigenvalue weighted by molar-refractivity contribution is 6.53. The van der Waals surface area contributed by atoms with Gasteiger partial charge < -0.3 is 5.43 Å². The van der Waals surface area contributed by atoms with Gasteiger partial charge in [0, 0.05) is 6.54 Å². The third-order valence-corrected chi connectivity index (χ3v) is 5.67. The molecule has 25 heavy (non-hydrogen) atoms. The Morgan fingerprint density at radius 3 is 2.12 bits per heavy atom. The Morgan fingerprint density at radius 1 is 1.28 bits per heavy atom. The molecule has 1 fully saturated rings. The zero-order valence-electron chi connectivity index (χ0n) is 13.1. The van der Waals surface area contributed by atoms with Crippen LogP contribution in [0.3, 0.4) is 0 Å². The molecular weight excluding hydrogens is 425 g/mol. The molecular formula is C14H14Cl4F3N3O. The van der Waals surface area contributed by atoms with Crippen molar-refractivity contribution < 1.29 is 18.0 Å². The summed E-state index contributed by atoms with van der Waals surface area (Å²) >= 11 is 23.7. The summed E-state index contributed by atoms with van der Waals surface area (Å²) in [5.74, 6) is -0.369. The van der Waals surface area contributed by atoms with Crippen molar-refractivity contribution in [2.75, 3.05) is 12.0 Å². The van der Waals surface area contributed by atoms with Crippen molar-refractivity contribution in [2.24, 2.45) is 5.41 Å². The van der Waals surface area contributed by atoms with E-state index in [9.17, 15) is 18.0 Å². The normalized spacial score (nSPS) is 21.8. The van der Waals surface area contributed by atoms with Crippen molar-refractivity contribution in [1.82, 2.24) is 10.5 Å². The van der Waals surface area contributed by atoms with Crippen molar-refractivity contribution in [3.05, 3.63) is 27.7 Å². The van der Waals surface area contributed by atoms with E-state index >= 15 is 0 Å². The Balaban J connectivity index is 2.14. The van der Waals surface area contributed by atoms with Crippen LogP contribution in [0.1, 0.15) is 25.8 Å². The van der Waals surface area contributed by atoms with Crippen LogP contribution in [0.25, 0.3) is 0 Å². The number of carbonyl (C=O) groups is 1. The second-order valence-corrected chi connectivity index (χ2v) is 8.11. The number of anilines is 1. The van der Waals surface area contributed by atoms with Crippen LogP contribution in [0.2, 0.25) is 10.0 Å². The minimum absolute atomic E-state index is 0.00606. The van der Waals surface area contributed by atoms with Gasteiger partial charge in [0.2, 0.25) is 5.91 Å². The number of rotatable bonds is 5. The molecule has 1 aromatic carbocycles. The first-order chi connectivity index (χ1) is 11.3. The Labute approximate surface area is 162 Å². The highest BCUT2D eigenvalue weighted by Crippen LogP contribution is 2.64. The summed E-state index contributed by atoms with van der Waals surface area (Å²) in [6.07, 6.45) is -4.28. The quantitative estimate of drug-likeness (QED) is 0.485. The van der Waals surface area contributed by atoms with Crippen LogP contribution in [-0.2, 0) is 11.0 Å². The van der Waals surface area contributed by atoms with E-state index < -0.39 is 21.5 Å². The second kappa shape index (κ2) is 6.85. The molecule has 1 aliphatic rings. The fourth-order valence-corrected chi connectivity index (χ4v) is 3.46. The van der Waals surface area contributed by atoms with Crippen LogP contribution in [0.5, 0.6) is 0 Å². The average molecular weight is 439 g/mol. The predicted octanol–water partition coefficient (Wildman–Crippen LogP) is 5.28. The lowest BCUT2D eigenvalue weighted by Crippen LogP contribution is -2.49. The molecule has 0 radical (unpaired) electrons. The third-order valence-electron chi connectivity index (χ3n) is 3.98. The SMILES string of the molecule is CCN(NNc1c(Cl)cc(C(F)(F)F)cc1Cl)C(=O)C1(C)CC1(Cl)Cl. The Bertz CT molecular complexity index is 675. The number of nitrogens with zero attached hydrogens (tertiary/aromatic N) is 1. The molecule has 0 spiro atoms. The van der Waals surface area contributed by atoms with Gasteiger partial charge in [-0.3, -0.25) is 9.80 Å². The maximum Gasteiger partial charge on any atom is 0.416 e. The van der Waals surface area contributed by atoms with Crippen LogP contribution in [0, 0.1) is 5.41 Å². The van der Waals surface area contributed by atoms with Gasteiger partial charge in [0.1, 0.15) is 4.33 Å². The first-order valence-electron chi connectivity index (χ1n) is 7.11. The van der Waals surface area contributed by atoms with Crippen LogP contribution < -0.4 is 11.0 Å². The van der Waals surface area contributed by atoms with Crippen LogP contribution in [0.4, 0.5) is 18.9 Å². The summed E-state index contributed by atoms with van der Waals surface area (Å²) in [6.45, 7) is 3.55. The fraction of sp³-hybridized carbons (Fsp3) is 0.500. The maximum absolute atomic E-state index is 12.7. The lowest BCUT2D eigenvalue weighted by atomic mass is 10.1. The van der Waals surface area contributed by atoms with Gasteiger partial charge in [-0.25, -0.2) is 0 Å². The van der Waals surface area contributed by atoms with Gasteiger partial charge in [0.05, 0.1) is 26.7 Å². The molecule has 0 aromatic heterocycles. The number of hydrazine groups is 2. The van der Waals surface area contributed by atoms with Crippen molar-refractivity contribution in [2.45, 2.75) is 30.8 Å². The average Bonchev–Trinajstić information content (AvgIpc) is 3.00. The standard InChI is InChI=1S/C14H14Cl4F3N3O/c1-3-24(11(25)12(2)6-13(12,17)18)23-22-10-8(15)4-7(5-9(10)16)14(19,20)21/h4-5,22-23H,3,6H2,1-2H3. The Hall–Kier alpha value is -0.600. The largest absolute Gasteiger partial charge is 0.416 e. The molecule has 0 heterocycles. The summed E-state index contributed by atoms with van der Waals surface area (Å²) in [4.78, 5) is 12.5. The number of halogens is 7. The summed E-state index contributed by atoms with van der Waals surface area (Å²) in [6, 6.07) is 1.47. The minimum Gasteiger partial charge on any atom is -0.301 e. The lowest BCUT2D eigenvalue weighted by Gasteiger charge is -2.27. The van der Waals surface area contributed by atoms with E-state index in [1.54, 1.807) is 13.8 Å². The van der Waals surface area contributed by atoms with Crippen molar-refractivity contribution in [3.63, 3.8) is 0 Å². The first-order valence-corrected chi connectivity index (χ1v) is 8.62. The van der Waals surface area contributed by atoms with E-state index in [0.717, 1.165) is 12.1 Å². The molecule has 1 aliphatic carbocycles. The predicted molar refractivity (Wildman–Crippen MR) is 92.8 cm³/mol. The number of alkyl halides is 5. The molecule has 2 rings (SSSR count). The van der Waals surface area contributed by atoms with E-state index in [2.05, 4.69) is 11.0 Å². The van der Waals surface area contributed by atoms with E-state index in [0.29, 0.717) is 6.42 Å². The van der Waals surface area contributed by atoms with Gasteiger partial charge in [-0.05, 0) is 32.4 Å². The molecule has 1 saturated carbocycles. The molecule has 2 N–H and O–H groups in total. The van der Waals surface area contributed by atoms with E-state index in [4.69, 9.17) is 46.4 Å². The number of nitrogens with one attached hydrogen (secondary N) is 2. The van der Waals surface area contributed by atoms with Gasteiger partial charge in [0.25, 0.3) is 0 Å². The number of hydrogen-bond donors (Lipinski definition) is 2. The van der Waals surface area contributed by atoms with Crippen molar-refractivity contribution >= 4 is 58.0 Å². The fourth-order valence-electron chi connectivity index (χ4n) is 2.18. The summed E-state index contributed by atoms with van der Waals surface area (Å²) in [5.41, 5.74) is 3.21. The van der Waals surface area contributed by atoms with Gasteiger partial charge in [0.15, 0.2) is 0 Å². The third kappa shape index (κ3) is 4.06. The molecule has 1 unspecified atom stereocenters. The second-order valence-electron chi connectivity index (χ2n) is 5.81. The van der Waals surface area contributed by atoms with Gasteiger partial charge in [-0.2, -0.15) is 13.2 Å². The van der Waals surface area contributed by atoms with E-state index in [-0.39, 0.29) is 28.2 Å². The molecule has 1 atom stereocenters. The Kier molecular flexibility index (Phi) is 5.67. The number of carbonyl (C=O) groups excluding carboxylic acids is 1. The molecule has 0 aliphatic heterocycles. The number of amides is 1. The Morgan fingerprint density at radius 2 is 1.76 bits per heavy atom. The lowest BCUT2D eigenvalue weighted by molar-refractivity contribution is -0.139. The number of hydrogen-bond acceptors (Lipinski definition) is 3. The van der Waals surface area contributed by atoms with E-state index in [1.807, 2.05) is 0 Å². The number of benzene rings is 1. The summed E-state index contributed by atoms with van der Waals surface area (Å²) in [7, 11) is 0. The minimum atomic E-state index is -4.57. The molecule has 11 heteroatoms.